The van der Waals surface area contributed by atoms with Gasteiger partial charge in [-0.1, -0.05) is 24.9 Å². The van der Waals surface area contributed by atoms with Crippen LogP contribution >= 0.6 is 0 Å². The topological polar surface area (TPSA) is 41.6 Å². The molecule has 0 amide bonds. The maximum absolute atomic E-state index is 4.05. The van der Waals surface area contributed by atoms with Crippen molar-refractivity contribution < 1.29 is 31.1 Å². The maximum atomic E-state index is 4.05. The van der Waals surface area contributed by atoms with Crippen LogP contribution in [0.25, 0.3) is 11.0 Å². The Morgan fingerprint density at radius 3 is 2.56 bits per heavy atom. The molecular formula is C14H13N3U. The Bertz CT molecular complexity index is 590. The van der Waals surface area contributed by atoms with E-state index in [-0.39, 0.29) is 31.1 Å². The number of aryl methyl sites for hydroxylation is 1. The van der Waals surface area contributed by atoms with E-state index in [4.69, 9.17) is 0 Å². The molecule has 3 rings (SSSR count). The van der Waals surface area contributed by atoms with Crippen LogP contribution in [0.3, 0.4) is 0 Å². The predicted octanol–water partition coefficient (Wildman–Crippen LogP) is 2.94. The van der Waals surface area contributed by atoms with Crippen LogP contribution in [0.1, 0.15) is 11.3 Å². The zero-order valence-corrected chi connectivity index (χ0v) is 14.3. The quantitative estimate of drug-likeness (QED) is 0.524. The Labute approximate surface area is 130 Å². The number of nitrogens with one attached hydrogen (secondary N) is 1. The van der Waals surface area contributed by atoms with Crippen LogP contribution in [-0.4, -0.2) is 15.0 Å². The summed E-state index contributed by atoms with van der Waals surface area (Å²) in [7, 11) is 0. The fourth-order valence-electron chi connectivity index (χ4n) is 1.36. The average Bonchev–Trinajstić information content (AvgIpc) is 2.78. The molecule has 0 aliphatic rings. The first-order valence-electron chi connectivity index (χ1n) is 5.31. The molecule has 0 atom stereocenters. The van der Waals surface area contributed by atoms with Crippen LogP contribution in [0, 0.1) is 51.2 Å². The minimum Gasteiger partial charge on any atom is -0.389 e. The molecule has 0 saturated carbocycles. The first kappa shape index (κ1) is 14.8. The largest absolute Gasteiger partial charge is 2.00 e. The number of rotatable bonds is 0. The molecule has 0 radical (unpaired) electrons. The summed E-state index contributed by atoms with van der Waals surface area (Å²) in [4.78, 5) is 11.0. The van der Waals surface area contributed by atoms with E-state index < -0.39 is 0 Å². The van der Waals surface area contributed by atoms with Gasteiger partial charge in [0.1, 0.15) is 0 Å². The average molecular weight is 461 g/mol. The van der Waals surface area contributed by atoms with Crippen molar-refractivity contribution in [3.05, 3.63) is 67.1 Å². The molecule has 0 aliphatic carbocycles. The molecule has 0 saturated heterocycles. The van der Waals surface area contributed by atoms with Gasteiger partial charge in [-0.05, 0) is 11.0 Å². The van der Waals surface area contributed by atoms with E-state index in [0.717, 1.165) is 22.3 Å². The van der Waals surface area contributed by atoms with Crippen LogP contribution in [-0.2, 0) is 0 Å². The van der Waals surface area contributed by atoms with Crippen LogP contribution < -0.4 is 0 Å². The van der Waals surface area contributed by atoms with Gasteiger partial charge in [0, 0.05) is 0 Å². The van der Waals surface area contributed by atoms with Gasteiger partial charge in [0.15, 0.2) is 0 Å². The Kier molecular flexibility index (Phi) is 5.97. The molecule has 4 heteroatoms. The molecule has 2 heterocycles. The van der Waals surface area contributed by atoms with E-state index in [2.05, 4.69) is 28.1 Å². The standard InChI is InChI=1S/C7H6N3.C7H7.U/c1-5-2-6-7(3-8-5)10-4-9-6;1-7-5-3-2-4-6-7;/h2,4H,1H3,(H,9,10);2-6H,1H2;/q2*-1;+2. The van der Waals surface area contributed by atoms with Gasteiger partial charge in [-0.25, -0.2) is 0 Å². The van der Waals surface area contributed by atoms with E-state index in [1.54, 1.807) is 6.33 Å². The Hall–Kier alpha value is -1.24. The molecule has 3 nitrogen and oxygen atoms in total. The van der Waals surface area contributed by atoms with E-state index in [1.165, 1.54) is 0 Å². The van der Waals surface area contributed by atoms with Gasteiger partial charge in [-0.15, -0.1) is 18.2 Å². The summed E-state index contributed by atoms with van der Waals surface area (Å²) in [6.45, 7) is 5.64. The molecule has 1 N–H and O–H groups in total. The monoisotopic (exact) mass is 461 g/mol. The fourth-order valence-corrected chi connectivity index (χ4v) is 1.36. The number of imidazole rings is 1. The van der Waals surface area contributed by atoms with Gasteiger partial charge >= 0.3 is 31.1 Å². The first-order valence-corrected chi connectivity index (χ1v) is 5.31. The summed E-state index contributed by atoms with van der Waals surface area (Å²) in [5.41, 5.74) is 3.81. The summed E-state index contributed by atoms with van der Waals surface area (Å²) in [6.07, 6.45) is 4.47. The molecule has 2 aromatic heterocycles. The van der Waals surface area contributed by atoms with E-state index in [0.29, 0.717) is 0 Å². The Morgan fingerprint density at radius 2 is 1.94 bits per heavy atom. The number of hydrogen-bond acceptors (Lipinski definition) is 2. The number of aromatic nitrogens is 3. The summed E-state index contributed by atoms with van der Waals surface area (Å²) in [5, 5.41) is 0. The first-order chi connectivity index (χ1) is 8.25. The van der Waals surface area contributed by atoms with Crippen molar-refractivity contribution in [3.63, 3.8) is 0 Å². The number of H-pyrrole nitrogens is 1. The van der Waals surface area contributed by atoms with Crippen molar-refractivity contribution in [2.24, 2.45) is 0 Å². The third kappa shape index (κ3) is 4.21. The summed E-state index contributed by atoms with van der Waals surface area (Å²) >= 11 is 0. The summed E-state index contributed by atoms with van der Waals surface area (Å²) in [5.74, 6) is 0. The number of pyridine rings is 1. The van der Waals surface area contributed by atoms with E-state index >= 15 is 0 Å². The zero-order valence-electron chi connectivity index (χ0n) is 10.1. The normalized spacial score (nSPS) is 9.17. The van der Waals surface area contributed by atoms with Crippen molar-refractivity contribution in [3.8, 4) is 0 Å². The van der Waals surface area contributed by atoms with Gasteiger partial charge in [0.2, 0.25) is 0 Å². The molecule has 3 aromatic rings. The molecule has 0 bridgehead atoms. The van der Waals surface area contributed by atoms with Gasteiger partial charge in [0.05, 0.1) is 6.33 Å². The second-order valence-corrected chi connectivity index (χ2v) is 3.66. The van der Waals surface area contributed by atoms with Crippen LogP contribution in [0.2, 0.25) is 0 Å². The molecule has 1 aromatic carbocycles. The fraction of sp³-hybridized carbons (Fsp3) is 0.0714. The number of aromatic amines is 1. The Morgan fingerprint density at radius 1 is 1.22 bits per heavy atom. The zero-order chi connectivity index (χ0) is 12.1. The van der Waals surface area contributed by atoms with Crippen LogP contribution in [0.5, 0.6) is 0 Å². The molecule has 18 heavy (non-hydrogen) atoms. The molecule has 0 aliphatic heterocycles. The molecule has 88 valence electrons. The van der Waals surface area contributed by atoms with Crippen molar-refractivity contribution in [2.45, 2.75) is 6.92 Å². The number of hydrogen-bond donors (Lipinski definition) is 1. The number of nitrogens with zero attached hydrogens (tertiary/aromatic N) is 2. The summed E-state index contributed by atoms with van der Waals surface area (Å²) in [6, 6.07) is 11.8. The van der Waals surface area contributed by atoms with Crippen molar-refractivity contribution in [2.75, 3.05) is 0 Å². The van der Waals surface area contributed by atoms with Crippen LogP contribution in [0.15, 0.2) is 42.7 Å². The second-order valence-electron chi connectivity index (χ2n) is 3.66. The predicted molar refractivity (Wildman–Crippen MR) is 68.4 cm³/mol. The molecule has 0 spiro atoms. The van der Waals surface area contributed by atoms with E-state index in [9.17, 15) is 0 Å². The minimum absolute atomic E-state index is 0. The molecule has 0 fully saturated rings. The minimum atomic E-state index is 0. The number of fused-ring (bicyclic) bond motifs is 1. The van der Waals surface area contributed by atoms with Gasteiger partial charge < -0.3 is 15.0 Å². The molecular weight excluding hydrogens is 448 g/mol. The second kappa shape index (κ2) is 7.25. The van der Waals surface area contributed by atoms with Gasteiger partial charge in [0.25, 0.3) is 0 Å². The number of benzene rings is 1. The SMILES string of the molecule is Cc1cc2nc[nH]c2[c-]n1.[CH2-]c1ccccc1.[U+2]. The molecule has 0 unspecified atom stereocenters. The smallest absolute Gasteiger partial charge is 0.389 e. The Balaban J connectivity index is 0.000000181. The van der Waals surface area contributed by atoms with E-state index in [1.807, 2.05) is 43.3 Å². The van der Waals surface area contributed by atoms with Crippen LogP contribution in [0.4, 0.5) is 0 Å². The third-order valence-electron chi connectivity index (χ3n) is 2.20. The van der Waals surface area contributed by atoms with Gasteiger partial charge in [-0.3, -0.25) is 0 Å². The third-order valence-corrected chi connectivity index (χ3v) is 2.20. The van der Waals surface area contributed by atoms with Crippen molar-refractivity contribution >= 4 is 11.0 Å². The van der Waals surface area contributed by atoms with Crippen molar-refractivity contribution in [1.29, 1.82) is 0 Å². The van der Waals surface area contributed by atoms with Gasteiger partial charge in [-0.2, -0.15) is 24.6 Å². The summed E-state index contributed by atoms with van der Waals surface area (Å²) < 4.78 is 0. The van der Waals surface area contributed by atoms with Crippen molar-refractivity contribution in [1.82, 2.24) is 15.0 Å². The maximum Gasteiger partial charge on any atom is 2.00 e.